The average Bonchev–Trinajstić information content (AvgIpc) is 2.26. The van der Waals surface area contributed by atoms with Gasteiger partial charge >= 0.3 is 0 Å². The molecule has 0 aliphatic heterocycles. The van der Waals surface area contributed by atoms with E-state index in [1.54, 1.807) is 12.1 Å². The fourth-order valence-corrected chi connectivity index (χ4v) is 2.27. The maximum Gasteiger partial charge on any atom is 0.252 e. The molecule has 0 amide bonds. The van der Waals surface area contributed by atoms with Gasteiger partial charge in [0.1, 0.15) is 0 Å². The lowest BCUT2D eigenvalue weighted by molar-refractivity contribution is 0.106. The lowest BCUT2D eigenvalue weighted by atomic mass is 9.87. The summed E-state index contributed by atoms with van der Waals surface area (Å²) < 4.78 is 0. The van der Waals surface area contributed by atoms with Gasteiger partial charge < -0.3 is 0 Å². The normalized spacial score (nSPS) is 11.1. The van der Waals surface area contributed by atoms with Crippen molar-refractivity contribution in [3.63, 3.8) is 0 Å². The van der Waals surface area contributed by atoms with Crippen LogP contribution < -0.4 is 0 Å². The van der Waals surface area contributed by atoms with E-state index in [1.807, 2.05) is 27.7 Å². The number of hydrogen-bond donors (Lipinski definition) is 0. The molecule has 98 valence electrons. The van der Waals surface area contributed by atoms with E-state index in [0.29, 0.717) is 11.1 Å². The Bertz CT molecular complexity index is 462. The van der Waals surface area contributed by atoms with Crippen LogP contribution in [0.5, 0.6) is 0 Å². The molecule has 2 nitrogen and oxygen atoms in total. The Kier molecular flexibility index (Phi) is 4.94. The highest BCUT2D eigenvalue weighted by atomic mass is 35.5. The Hall–Kier alpha value is -0.860. The number of benzene rings is 1. The minimum absolute atomic E-state index is 0.0937. The molecule has 18 heavy (non-hydrogen) atoms. The van der Waals surface area contributed by atoms with Crippen LogP contribution in [-0.2, 0) is 0 Å². The summed E-state index contributed by atoms with van der Waals surface area (Å²) in [4.78, 5) is 22.9. The topological polar surface area (TPSA) is 34.1 Å². The summed E-state index contributed by atoms with van der Waals surface area (Å²) >= 11 is 11.2. The van der Waals surface area contributed by atoms with Crippen molar-refractivity contribution in [3.05, 3.63) is 34.4 Å². The summed E-state index contributed by atoms with van der Waals surface area (Å²) in [5.41, 5.74) is 2.45. The number of hydrogen-bond acceptors (Lipinski definition) is 2. The minimum atomic E-state index is -0.521. The average molecular weight is 287 g/mol. The molecular weight excluding hydrogens is 271 g/mol. The first kappa shape index (κ1) is 15.2. The molecule has 0 radical (unpaired) electrons. The molecular formula is C14H16Cl2O2. The largest absolute Gasteiger partial charge is 0.276 e. The van der Waals surface area contributed by atoms with E-state index in [4.69, 9.17) is 23.2 Å². The van der Waals surface area contributed by atoms with Gasteiger partial charge in [-0.2, -0.15) is 0 Å². The first-order valence-corrected chi connectivity index (χ1v) is 6.58. The van der Waals surface area contributed by atoms with Crippen LogP contribution in [0.25, 0.3) is 0 Å². The highest BCUT2D eigenvalue weighted by molar-refractivity contribution is 6.68. The summed E-state index contributed by atoms with van der Waals surface area (Å²) in [7, 11) is 0. The van der Waals surface area contributed by atoms with Gasteiger partial charge in [0.2, 0.25) is 0 Å². The van der Waals surface area contributed by atoms with Crippen LogP contribution >= 0.6 is 23.2 Å². The Morgan fingerprint density at radius 1 is 0.889 bits per heavy atom. The highest BCUT2D eigenvalue weighted by Gasteiger charge is 2.21. The first-order valence-electron chi connectivity index (χ1n) is 5.83. The van der Waals surface area contributed by atoms with E-state index in [2.05, 4.69) is 0 Å². The van der Waals surface area contributed by atoms with Gasteiger partial charge in [0.05, 0.1) is 0 Å². The highest BCUT2D eigenvalue weighted by Crippen LogP contribution is 2.31. The molecule has 0 aliphatic carbocycles. The van der Waals surface area contributed by atoms with E-state index in [-0.39, 0.29) is 11.8 Å². The Morgan fingerprint density at radius 3 is 1.50 bits per heavy atom. The summed E-state index contributed by atoms with van der Waals surface area (Å²) in [6.45, 7) is 7.80. The lowest BCUT2D eigenvalue weighted by Crippen LogP contribution is -2.09. The Labute approximate surface area is 117 Å². The summed E-state index contributed by atoms with van der Waals surface area (Å²) in [6, 6.07) is 3.31. The molecule has 0 atom stereocenters. The van der Waals surface area contributed by atoms with Crippen molar-refractivity contribution >= 4 is 33.7 Å². The van der Waals surface area contributed by atoms with Crippen molar-refractivity contribution in [2.75, 3.05) is 0 Å². The smallest absolute Gasteiger partial charge is 0.252 e. The molecule has 0 saturated carbocycles. The van der Waals surface area contributed by atoms with E-state index in [1.165, 1.54) is 0 Å². The molecule has 0 spiro atoms. The molecule has 0 aliphatic rings. The van der Waals surface area contributed by atoms with E-state index >= 15 is 0 Å². The van der Waals surface area contributed by atoms with Crippen molar-refractivity contribution in [1.82, 2.24) is 0 Å². The summed E-state index contributed by atoms with van der Waals surface area (Å²) in [5.74, 6) is 0.187. The Balaban J connectivity index is 3.65. The maximum absolute atomic E-state index is 11.6. The molecule has 1 rings (SSSR count). The van der Waals surface area contributed by atoms with Crippen LogP contribution in [0, 0.1) is 0 Å². The standard InChI is InChI=1S/C14H16Cl2O2/c1-7(2)10-5-9(13(15)17)6-11(8(3)4)12(10)14(16)18/h5-8H,1-4H3. The van der Waals surface area contributed by atoms with Gasteiger partial charge in [0, 0.05) is 11.1 Å². The van der Waals surface area contributed by atoms with Crippen molar-refractivity contribution in [1.29, 1.82) is 0 Å². The van der Waals surface area contributed by atoms with Crippen LogP contribution in [0.4, 0.5) is 0 Å². The van der Waals surface area contributed by atoms with Crippen LogP contribution in [-0.4, -0.2) is 10.5 Å². The van der Waals surface area contributed by atoms with Crippen LogP contribution in [0.2, 0.25) is 0 Å². The molecule has 0 N–H and O–H groups in total. The third-order valence-corrected chi connectivity index (χ3v) is 3.27. The first-order chi connectivity index (χ1) is 8.25. The van der Waals surface area contributed by atoms with Crippen molar-refractivity contribution in [3.8, 4) is 0 Å². The summed E-state index contributed by atoms with van der Waals surface area (Å²) in [5, 5.41) is -1.01. The predicted octanol–water partition coefficient (Wildman–Crippen LogP) is 4.69. The third-order valence-electron chi connectivity index (χ3n) is 2.87. The van der Waals surface area contributed by atoms with Crippen LogP contribution in [0.15, 0.2) is 12.1 Å². The van der Waals surface area contributed by atoms with Crippen molar-refractivity contribution < 1.29 is 9.59 Å². The maximum atomic E-state index is 11.6. The second kappa shape index (κ2) is 5.85. The number of rotatable bonds is 4. The zero-order chi connectivity index (χ0) is 14.0. The molecule has 0 heterocycles. The SMILES string of the molecule is CC(C)c1cc(C(=O)Cl)cc(C(C)C)c1C(=O)Cl. The monoisotopic (exact) mass is 286 g/mol. The minimum Gasteiger partial charge on any atom is -0.276 e. The van der Waals surface area contributed by atoms with Gasteiger partial charge in [-0.15, -0.1) is 0 Å². The zero-order valence-electron chi connectivity index (χ0n) is 10.9. The van der Waals surface area contributed by atoms with E-state index in [9.17, 15) is 9.59 Å². The van der Waals surface area contributed by atoms with Gasteiger partial charge in [-0.1, -0.05) is 27.7 Å². The second-order valence-corrected chi connectivity index (χ2v) is 5.57. The third kappa shape index (κ3) is 3.12. The van der Waals surface area contributed by atoms with Crippen molar-refractivity contribution in [2.45, 2.75) is 39.5 Å². The van der Waals surface area contributed by atoms with E-state index < -0.39 is 10.5 Å². The number of carbonyl (C=O) groups is 2. The zero-order valence-corrected chi connectivity index (χ0v) is 12.4. The predicted molar refractivity (Wildman–Crippen MR) is 75.0 cm³/mol. The van der Waals surface area contributed by atoms with Crippen LogP contribution in [0.3, 0.4) is 0 Å². The fraction of sp³-hybridized carbons (Fsp3) is 0.429. The second-order valence-electron chi connectivity index (χ2n) is 4.89. The molecule has 0 fully saturated rings. The van der Waals surface area contributed by atoms with Crippen molar-refractivity contribution in [2.24, 2.45) is 0 Å². The molecule has 0 bridgehead atoms. The number of halogens is 2. The van der Waals surface area contributed by atoms with Crippen LogP contribution in [0.1, 0.15) is 71.4 Å². The molecule has 4 heteroatoms. The summed E-state index contributed by atoms with van der Waals surface area (Å²) in [6.07, 6.45) is 0. The molecule has 0 saturated heterocycles. The van der Waals surface area contributed by atoms with Gasteiger partial charge in [0.25, 0.3) is 10.5 Å². The van der Waals surface area contributed by atoms with E-state index in [0.717, 1.165) is 11.1 Å². The van der Waals surface area contributed by atoms with Gasteiger partial charge in [0.15, 0.2) is 0 Å². The quantitative estimate of drug-likeness (QED) is 0.753. The molecule has 1 aromatic rings. The lowest BCUT2D eigenvalue weighted by Gasteiger charge is -2.18. The number of carbonyl (C=O) groups excluding carboxylic acids is 2. The fourth-order valence-electron chi connectivity index (χ4n) is 1.94. The van der Waals surface area contributed by atoms with Gasteiger partial charge in [-0.3, -0.25) is 9.59 Å². The molecule has 1 aromatic carbocycles. The van der Waals surface area contributed by atoms with Gasteiger partial charge in [-0.05, 0) is 58.3 Å². The Morgan fingerprint density at radius 2 is 1.28 bits per heavy atom. The molecule has 0 unspecified atom stereocenters. The molecule has 0 aromatic heterocycles. The van der Waals surface area contributed by atoms with Gasteiger partial charge in [-0.25, -0.2) is 0 Å².